The van der Waals surface area contributed by atoms with E-state index < -0.39 is 0 Å². The molecule has 0 atom stereocenters. The maximum Gasteiger partial charge on any atom is 0.137 e. The first-order chi connectivity index (χ1) is 15.3. The zero-order valence-electron chi connectivity index (χ0n) is 17.0. The van der Waals surface area contributed by atoms with Gasteiger partial charge in [-0.2, -0.15) is 0 Å². The minimum Gasteiger partial charge on any atom is -0.364 e. The number of pyridine rings is 2. The molecule has 0 saturated carbocycles. The third-order valence-corrected chi connectivity index (χ3v) is 5.13. The van der Waals surface area contributed by atoms with Crippen molar-refractivity contribution in [3.8, 4) is 22.3 Å². The first-order valence-electron chi connectivity index (χ1n) is 10.0. The highest BCUT2D eigenvalue weighted by Gasteiger charge is 2.07. The van der Waals surface area contributed by atoms with Crippen molar-refractivity contribution in [1.29, 1.82) is 0 Å². The van der Waals surface area contributed by atoms with Crippen molar-refractivity contribution in [3.05, 3.63) is 103 Å². The van der Waals surface area contributed by atoms with Crippen LogP contribution in [0.15, 0.2) is 79.4 Å². The molecule has 0 radical (unpaired) electrons. The van der Waals surface area contributed by atoms with E-state index in [2.05, 4.69) is 61.7 Å². The Morgan fingerprint density at radius 2 is 1.61 bits per heavy atom. The molecule has 0 amide bonds. The van der Waals surface area contributed by atoms with Gasteiger partial charge in [0.1, 0.15) is 12.1 Å². The Morgan fingerprint density at radius 1 is 0.774 bits per heavy atom. The monoisotopic (exact) mass is 401 g/mol. The quantitative estimate of drug-likeness (QED) is 0.434. The van der Waals surface area contributed by atoms with E-state index in [0.717, 1.165) is 50.4 Å². The summed E-state index contributed by atoms with van der Waals surface area (Å²) in [5.41, 5.74) is 7.10. The third kappa shape index (κ3) is 4.05. The van der Waals surface area contributed by atoms with Gasteiger partial charge in [0.2, 0.25) is 0 Å². The van der Waals surface area contributed by atoms with Crippen LogP contribution in [-0.4, -0.2) is 19.9 Å². The molecule has 148 valence electrons. The molecule has 1 N–H and O–H groups in total. The molecular weight excluding hydrogens is 382 g/mol. The number of fused-ring (bicyclic) bond motifs is 1. The first kappa shape index (κ1) is 18.7. The first-order valence-corrected chi connectivity index (χ1v) is 10.0. The number of hydrogen-bond donors (Lipinski definition) is 1. The van der Waals surface area contributed by atoms with Gasteiger partial charge in [-0.25, -0.2) is 9.97 Å². The van der Waals surface area contributed by atoms with E-state index in [9.17, 15) is 0 Å². The molecular formula is C26H19N5. The Kier molecular flexibility index (Phi) is 4.96. The Balaban J connectivity index is 1.34. The fraction of sp³-hybridized carbons (Fsp3) is 0.0769. The van der Waals surface area contributed by atoms with E-state index >= 15 is 0 Å². The topological polar surface area (TPSA) is 63.6 Å². The summed E-state index contributed by atoms with van der Waals surface area (Å²) in [6.45, 7) is 2.55. The highest BCUT2D eigenvalue weighted by atomic mass is 15.0. The molecule has 5 heteroatoms. The van der Waals surface area contributed by atoms with Crippen molar-refractivity contribution in [3.63, 3.8) is 0 Å². The summed E-state index contributed by atoms with van der Waals surface area (Å²) in [6, 6.07) is 26.0. The van der Waals surface area contributed by atoms with Crippen LogP contribution in [0.4, 0.5) is 5.82 Å². The number of nitrogens with one attached hydrogen (secondary N) is 1. The van der Waals surface area contributed by atoms with Crippen LogP contribution in [0.3, 0.4) is 0 Å². The lowest BCUT2D eigenvalue weighted by Crippen LogP contribution is -2.04. The SMILES string of the molecule is Cc1ccc(-c2ccc(CNc3ncnc4cc(-c5cc#ccc5)ccc34)nc2)cn1. The van der Waals surface area contributed by atoms with Crippen LogP contribution in [-0.2, 0) is 6.54 Å². The maximum atomic E-state index is 4.59. The number of aryl methyl sites for hydroxylation is 1. The molecule has 5 nitrogen and oxygen atoms in total. The highest BCUT2D eigenvalue weighted by Crippen LogP contribution is 2.26. The van der Waals surface area contributed by atoms with Crippen LogP contribution in [0.5, 0.6) is 0 Å². The van der Waals surface area contributed by atoms with Gasteiger partial charge in [-0.3, -0.25) is 9.97 Å². The van der Waals surface area contributed by atoms with E-state index in [1.807, 2.05) is 55.7 Å². The maximum absolute atomic E-state index is 4.59. The van der Waals surface area contributed by atoms with Gasteiger partial charge in [0, 0.05) is 34.6 Å². The Morgan fingerprint density at radius 3 is 2.35 bits per heavy atom. The van der Waals surface area contributed by atoms with E-state index in [1.54, 1.807) is 6.33 Å². The summed E-state index contributed by atoms with van der Waals surface area (Å²) in [6.07, 6.45) is 5.33. The van der Waals surface area contributed by atoms with E-state index in [1.165, 1.54) is 0 Å². The number of aromatic nitrogens is 4. The van der Waals surface area contributed by atoms with Crippen LogP contribution >= 0.6 is 0 Å². The molecule has 0 bridgehead atoms. The number of nitrogens with zero attached hydrogens (tertiary/aromatic N) is 4. The summed E-state index contributed by atoms with van der Waals surface area (Å²) in [4.78, 5) is 17.8. The van der Waals surface area contributed by atoms with Crippen LogP contribution in [0, 0.1) is 19.1 Å². The Labute approximate surface area is 180 Å². The Bertz CT molecular complexity index is 1310. The molecule has 3 heterocycles. The van der Waals surface area contributed by atoms with Gasteiger partial charge in [0.05, 0.1) is 17.8 Å². The molecule has 5 aromatic rings. The van der Waals surface area contributed by atoms with Crippen molar-refractivity contribution in [1.82, 2.24) is 19.9 Å². The second kappa shape index (κ2) is 8.21. The Hall–Kier alpha value is -4.30. The lowest BCUT2D eigenvalue weighted by atomic mass is 10.0. The standard InChI is InChI=1S/C26H19N5/c1-18-7-8-21(14-27-18)22-9-11-23(28-15-22)16-29-26-24-12-10-20(13-25(24)30-17-31-26)19-5-3-2-4-6-19/h3,5-15,17H,16H2,1H3,(H,29,30,31). The second-order valence-corrected chi connectivity index (χ2v) is 7.26. The number of benzene rings is 1. The van der Waals surface area contributed by atoms with Crippen molar-refractivity contribution in [2.45, 2.75) is 13.5 Å². The predicted octanol–water partition coefficient (Wildman–Crippen LogP) is 5.27. The normalized spacial score (nSPS) is 10.6. The lowest BCUT2D eigenvalue weighted by molar-refractivity contribution is 1.03. The smallest absolute Gasteiger partial charge is 0.137 e. The zero-order chi connectivity index (χ0) is 21.0. The van der Waals surface area contributed by atoms with Gasteiger partial charge in [0.25, 0.3) is 0 Å². The molecule has 0 aliphatic rings. The van der Waals surface area contributed by atoms with Crippen LogP contribution in [0.1, 0.15) is 11.4 Å². The lowest BCUT2D eigenvalue weighted by Gasteiger charge is -2.10. The molecule has 3 aromatic heterocycles. The van der Waals surface area contributed by atoms with Crippen molar-refractivity contribution >= 4 is 16.7 Å². The molecule has 0 fully saturated rings. The fourth-order valence-electron chi connectivity index (χ4n) is 3.42. The molecule has 0 aliphatic heterocycles. The van der Waals surface area contributed by atoms with Gasteiger partial charge in [-0.05, 0) is 60.5 Å². The van der Waals surface area contributed by atoms with E-state index in [-0.39, 0.29) is 0 Å². The summed E-state index contributed by atoms with van der Waals surface area (Å²) >= 11 is 0. The highest BCUT2D eigenvalue weighted by molar-refractivity contribution is 5.91. The minimum atomic E-state index is 0.573. The number of rotatable bonds is 5. The van der Waals surface area contributed by atoms with Crippen LogP contribution < -0.4 is 5.32 Å². The molecule has 0 spiro atoms. The molecule has 0 saturated heterocycles. The van der Waals surface area contributed by atoms with Crippen LogP contribution in [0.2, 0.25) is 0 Å². The van der Waals surface area contributed by atoms with Gasteiger partial charge in [-0.15, -0.1) is 0 Å². The fourth-order valence-corrected chi connectivity index (χ4v) is 3.42. The molecule has 0 unspecified atom stereocenters. The minimum absolute atomic E-state index is 0.573. The second-order valence-electron chi connectivity index (χ2n) is 7.26. The van der Waals surface area contributed by atoms with Gasteiger partial charge in [0.15, 0.2) is 0 Å². The number of hydrogen-bond acceptors (Lipinski definition) is 5. The van der Waals surface area contributed by atoms with E-state index in [0.29, 0.717) is 6.54 Å². The molecule has 31 heavy (non-hydrogen) atoms. The summed E-state index contributed by atoms with van der Waals surface area (Å²) in [7, 11) is 0. The van der Waals surface area contributed by atoms with Crippen LogP contribution in [0.25, 0.3) is 33.2 Å². The summed E-state index contributed by atoms with van der Waals surface area (Å²) in [5.74, 6) is 0.790. The van der Waals surface area contributed by atoms with Gasteiger partial charge in [-0.1, -0.05) is 30.3 Å². The zero-order valence-corrected chi connectivity index (χ0v) is 17.0. The summed E-state index contributed by atoms with van der Waals surface area (Å²) in [5, 5.41) is 4.37. The van der Waals surface area contributed by atoms with Crippen molar-refractivity contribution in [2.75, 3.05) is 5.32 Å². The van der Waals surface area contributed by atoms with Crippen molar-refractivity contribution in [2.24, 2.45) is 0 Å². The van der Waals surface area contributed by atoms with Gasteiger partial charge >= 0.3 is 0 Å². The average Bonchev–Trinajstić information content (AvgIpc) is 2.84. The number of anilines is 1. The largest absolute Gasteiger partial charge is 0.364 e. The molecule has 5 rings (SSSR count). The summed E-state index contributed by atoms with van der Waals surface area (Å²) < 4.78 is 0. The average molecular weight is 401 g/mol. The van der Waals surface area contributed by atoms with Gasteiger partial charge < -0.3 is 5.32 Å². The predicted molar refractivity (Wildman–Crippen MR) is 122 cm³/mol. The third-order valence-electron chi connectivity index (χ3n) is 5.13. The van der Waals surface area contributed by atoms with E-state index in [4.69, 9.17) is 0 Å². The molecule has 2 aromatic carbocycles. The van der Waals surface area contributed by atoms with Crippen molar-refractivity contribution < 1.29 is 0 Å². The molecule has 0 aliphatic carbocycles.